The van der Waals surface area contributed by atoms with Crippen LogP contribution < -0.4 is 0 Å². The van der Waals surface area contributed by atoms with Crippen LogP contribution in [-0.4, -0.2) is 5.25 Å². The normalized spacial score (nSPS) is 36.3. The Kier molecular flexibility index (Phi) is 2.45. The van der Waals surface area contributed by atoms with E-state index < -0.39 is 0 Å². The zero-order valence-corrected chi connectivity index (χ0v) is 7.20. The standard InChI is InChI=1S/C8H16S/c1-3-4-7-5-8(7)6(2)9/h6-9H,3-5H2,1-2H3. The summed E-state index contributed by atoms with van der Waals surface area (Å²) in [6.45, 7) is 4.47. The van der Waals surface area contributed by atoms with Gasteiger partial charge >= 0.3 is 0 Å². The quantitative estimate of drug-likeness (QED) is 0.578. The molecule has 3 unspecified atom stereocenters. The molecule has 0 spiro atoms. The van der Waals surface area contributed by atoms with Crippen molar-refractivity contribution in [1.82, 2.24) is 0 Å². The van der Waals surface area contributed by atoms with Gasteiger partial charge in [-0.15, -0.1) is 0 Å². The Bertz CT molecular complexity index is 88.6. The molecule has 3 atom stereocenters. The number of hydrogen-bond acceptors (Lipinski definition) is 1. The van der Waals surface area contributed by atoms with Crippen LogP contribution in [0.3, 0.4) is 0 Å². The fourth-order valence-corrected chi connectivity index (χ4v) is 1.93. The zero-order valence-electron chi connectivity index (χ0n) is 6.30. The molecule has 0 aliphatic heterocycles. The average molecular weight is 144 g/mol. The first-order valence-corrected chi connectivity index (χ1v) is 4.45. The van der Waals surface area contributed by atoms with Gasteiger partial charge in [-0.2, -0.15) is 12.6 Å². The number of rotatable bonds is 3. The Labute approximate surface area is 63.4 Å². The van der Waals surface area contributed by atoms with Gasteiger partial charge in [0.05, 0.1) is 0 Å². The average Bonchev–Trinajstić information content (AvgIpc) is 2.47. The molecule has 9 heavy (non-hydrogen) atoms. The lowest BCUT2D eigenvalue weighted by Gasteiger charge is -1.99. The molecule has 1 rings (SSSR count). The van der Waals surface area contributed by atoms with Crippen molar-refractivity contribution in [2.45, 2.75) is 38.4 Å². The first-order chi connectivity index (χ1) is 4.25. The van der Waals surface area contributed by atoms with Crippen molar-refractivity contribution in [3.8, 4) is 0 Å². The van der Waals surface area contributed by atoms with E-state index in [1.165, 1.54) is 19.3 Å². The van der Waals surface area contributed by atoms with Crippen molar-refractivity contribution in [3.63, 3.8) is 0 Å². The molecule has 0 radical (unpaired) electrons. The summed E-state index contributed by atoms with van der Waals surface area (Å²) in [4.78, 5) is 0. The lowest BCUT2D eigenvalue weighted by molar-refractivity contribution is 0.630. The molecule has 54 valence electrons. The molecule has 1 fully saturated rings. The van der Waals surface area contributed by atoms with Gasteiger partial charge in [-0.05, 0) is 18.3 Å². The highest BCUT2D eigenvalue weighted by molar-refractivity contribution is 7.80. The van der Waals surface area contributed by atoms with Crippen LogP contribution in [0.5, 0.6) is 0 Å². The molecular formula is C8H16S. The minimum absolute atomic E-state index is 0.640. The van der Waals surface area contributed by atoms with Crippen molar-refractivity contribution in [1.29, 1.82) is 0 Å². The van der Waals surface area contributed by atoms with Crippen molar-refractivity contribution in [3.05, 3.63) is 0 Å². The van der Waals surface area contributed by atoms with E-state index in [2.05, 4.69) is 26.5 Å². The van der Waals surface area contributed by atoms with E-state index >= 15 is 0 Å². The van der Waals surface area contributed by atoms with Gasteiger partial charge in [0.15, 0.2) is 0 Å². The predicted octanol–water partition coefficient (Wildman–Crippen LogP) is 2.74. The molecule has 1 aliphatic carbocycles. The van der Waals surface area contributed by atoms with Crippen molar-refractivity contribution >= 4 is 12.6 Å². The molecule has 0 bridgehead atoms. The molecule has 0 heterocycles. The second-order valence-electron chi connectivity index (χ2n) is 3.19. The van der Waals surface area contributed by atoms with E-state index in [1.54, 1.807) is 0 Å². The van der Waals surface area contributed by atoms with E-state index in [-0.39, 0.29) is 0 Å². The highest BCUT2D eigenvalue weighted by atomic mass is 32.1. The summed E-state index contributed by atoms with van der Waals surface area (Å²) in [6.07, 6.45) is 4.22. The summed E-state index contributed by atoms with van der Waals surface area (Å²) in [5, 5.41) is 0.640. The number of hydrogen-bond donors (Lipinski definition) is 1. The Balaban J connectivity index is 2.09. The maximum Gasteiger partial charge on any atom is 0.00194 e. The molecular weight excluding hydrogens is 128 g/mol. The van der Waals surface area contributed by atoms with Crippen LogP contribution in [-0.2, 0) is 0 Å². The Hall–Kier alpha value is 0.350. The Morgan fingerprint density at radius 3 is 2.67 bits per heavy atom. The van der Waals surface area contributed by atoms with Crippen molar-refractivity contribution < 1.29 is 0 Å². The minimum atomic E-state index is 0.640. The zero-order chi connectivity index (χ0) is 6.85. The first kappa shape index (κ1) is 7.46. The molecule has 1 aliphatic rings. The summed E-state index contributed by atoms with van der Waals surface area (Å²) in [6, 6.07) is 0. The molecule has 1 saturated carbocycles. The maximum absolute atomic E-state index is 4.41. The Morgan fingerprint density at radius 2 is 2.33 bits per heavy atom. The van der Waals surface area contributed by atoms with Gasteiger partial charge in [0.2, 0.25) is 0 Å². The van der Waals surface area contributed by atoms with E-state index in [4.69, 9.17) is 0 Å². The van der Waals surface area contributed by atoms with Crippen LogP contribution in [0.4, 0.5) is 0 Å². The summed E-state index contributed by atoms with van der Waals surface area (Å²) in [5.41, 5.74) is 0. The van der Waals surface area contributed by atoms with Crippen LogP contribution in [0.25, 0.3) is 0 Å². The summed E-state index contributed by atoms with van der Waals surface area (Å²) in [7, 11) is 0. The van der Waals surface area contributed by atoms with Crippen LogP contribution in [0, 0.1) is 11.8 Å². The smallest absolute Gasteiger partial charge is 0.00194 e. The molecule has 0 amide bonds. The van der Waals surface area contributed by atoms with Gasteiger partial charge in [0.25, 0.3) is 0 Å². The first-order valence-electron chi connectivity index (χ1n) is 3.93. The summed E-state index contributed by atoms with van der Waals surface area (Å²) < 4.78 is 0. The third-order valence-electron chi connectivity index (χ3n) is 2.26. The van der Waals surface area contributed by atoms with Gasteiger partial charge in [-0.25, -0.2) is 0 Å². The predicted molar refractivity (Wildman–Crippen MR) is 45.0 cm³/mol. The van der Waals surface area contributed by atoms with Gasteiger partial charge in [-0.3, -0.25) is 0 Å². The van der Waals surface area contributed by atoms with Crippen molar-refractivity contribution in [2.75, 3.05) is 0 Å². The van der Waals surface area contributed by atoms with Gasteiger partial charge < -0.3 is 0 Å². The SMILES string of the molecule is CCCC1CC1C(C)S. The van der Waals surface area contributed by atoms with Crippen LogP contribution in [0.15, 0.2) is 0 Å². The van der Waals surface area contributed by atoms with E-state index in [1.807, 2.05) is 0 Å². The molecule has 0 saturated heterocycles. The van der Waals surface area contributed by atoms with Crippen molar-refractivity contribution in [2.24, 2.45) is 11.8 Å². The highest BCUT2D eigenvalue weighted by Gasteiger charge is 2.38. The Morgan fingerprint density at radius 1 is 1.67 bits per heavy atom. The fourth-order valence-electron chi connectivity index (χ4n) is 1.56. The van der Waals surface area contributed by atoms with Crippen LogP contribution in [0.1, 0.15) is 33.1 Å². The largest absolute Gasteiger partial charge is 0.176 e. The molecule has 0 aromatic heterocycles. The topological polar surface area (TPSA) is 0 Å². The van der Waals surface area contributed by atoms with Crippen LogP contribution in [0.2, 0.25) is 0 Å². The van der Waals surface area contributed by atoms with E-state index in [9.17, 15) is 0 Å². The molecule has 1 heteroatoms. The lowest BCUT2D eigenvalue weighted by Crippen LogP contribution is -1.95. The summed E-state index contributed by atoms with van der Waals surface area (Å²) in [5.74, 6) is 1.98. The fraction of sp³-hybridized carbons (Fsp3) is 1.00. The minimum Gasteiger partial charge on any atom is -0.176 e. The van der Waals surface area contributed by atoms with Gasteiger partial charge in [-0.1, -0.05) is 26.7 Å². The third kappa shape index (κ3) is 1.89. The second-order valence-corrected chi connectivity index (χ2v) is 4.00. The molecule has 0 aromatic rings. The van der Waals surface area contributed by atoms with Gasteiger partial charge in [0.1, 0.15) is 0 Å². The maximum atomic E-state index is 4.41. The molecule has 0 aromatic carbocycles. The lowest BCUT2D eigenvalue weighted by atomic mass is 10.2. The summed E-state index contributed by atoms with van der Waals surface area (Å²) >= 11 is 4.41. The highest BCUT2D eigenvalue weighted by Crippen LogP contribution is 2.45. The number of thiol groups is 1. The van der Waals surface area contributed by atoms with E-state index in [0.29, 0.717) is 5.25 Å². The third-order valence-corrected chi connectivity index (χ3v) is 2.64. The molecule has 0 nitrogen and oxygen atoms in total. The van der Waals surface area contributed by atoms with Gasteiger partial charge in [0, 0.05) is 5.25 Å². The monoisotopic (exact) mass is 144 g/mol. The second kappa shape index (κ2) is 2.96. The van der Waals surface area contributed by atoms with E-state index in [0.717, 1.165) is 11.8 Å². The van der Waals surface area contributed by atoms with Crippen LogP contribution >= 0.6 is 12.6 Å². The molecule has 0 N–H and O–H groups in total.